The van der Waals surface area contributed by atoms with Gasteiger partial charge >= 0.3 is 5.97 Å². The minimum Gasteiger partial charge on any atom is -0.462 e. The van der Waals surface area contributed by atoms with E-state index < -0.39 is 0 Å². The molecule has 6 atom stereocenters. The molecule has 3 fully saturated rings. The normalized spacial score (nSPS) is 44.2. The summed E-state index contributed by atoms with van der Waals surface area (Å²) in [4.78, 5) is 23.3. The highest BCUT2D eigenvalue weighted by Gasteiger charge is 2.58. The molecule has 2 saturated carbocycles. The Morgan fingerprint density at radius 3 is 2.67 bits per heavy atom. The summed E-state index contributed by atoms with van der Waals surface area (Å²) >= 11 is 0. The molecular formula is C20H32O4. The van der Waals surface area contributed by atoms with Gasteiger partial charge in [0.1, 0.15) is 12.4 Å². The highest BCUT2D eigenvalue weighted by Crippen LogP contribution is 2.60. The van der Waals surface area contributed by atoms with Gasteiger partial charge < -0.3 is 14.6 Å². The van der Waals surface area contributed by atoms with Gasteiger partial charge in [0.2, 0.25) is 0 Å². The fourth-order valence-corrected chi connectivity index (χ4v) is 6.17. The number of rotatable bonds is 5. The van der Waals surface area contributed by atoms with Gasteiger partial charge in [-0.05, 0) is 67.1 Å². The number of ether oxygens (including phenoxy) is 1. The van der Waals surface area contributed by atoms with Crippen molar-refractivity contribution in [2.24, 2.45) is 34.5 Å². The molecule has 24 heavy (non-hydrogen) atoms. The SMILES string of the molecule is CC1(C)CC[C@H]([C@@]2(C)CC[C@@H]3C[C@@H]2C(=O)O3)[C@@H](CO)[C@@H]1CCC=O. The van der Waals surface area contributed by atoms with E-state index in [9.17, 15) is 14.7 Å². The summed E-state index contributed by atoms with van der Waals surface area (Å²) in [6.07, 6.45) is 7.48. The van der Waals surface area contributed by atoms with E-state index in [0.29, 0.717) is 18.3 Å². The van der Waals surface area contributed by atoms with Crippen LogP contribution in [0.5, 0.6) is 0 Å². The number of aldehydes is 1. The second kappa shape index (κ2) is 6.44. The maximum absolute atomic E-state index is 12.4. The molecule has 0 unspecified atom stereocenters. The van der Waals surface area contributed by atoms with Gasteiger partial charge in [-0.1, -0.05) is 20.8 Å². The van der Waals surface area contributed by atoms with Crippen LogP contribution in [0.25, 0.3) is 0 Å². The lowest BCUT2D eigenvalue weighted by Gasteiger charge is -2.55. The van der Waals surface area contributed by atoms with Crippen LogP contribution in [-0.2, 0) is 14.3 Å². The average molecular weight is 336 g/mol. The molecule has 0 radical (unpaired) electrons. The Hall–Kier alpha value is -0.900. The first-order chi connectivity index (χ1) is 11.3. The lowest BCUT2D eigenvalue weighted by molar-refractivity contribution is -0.148. The van der Waals surface area contributed by atoms with Gasteiger partial charge in [0.15, 0.2) is 0 Å². The number of fused-ring (bicyclic) bond motifs is 2. The molecular weight excluding hydrogens is 304 g/mol. The van der Waals surface area contributed by atoms with Crippen LogP contribution in [0.3, 0.4) is 0 Å². The minimum absolute atomic E-state index is 0.0109. The van der Waals surface area contributed by atoms with E-state index in [-0.39, 0.29) is 41.3 Å². The topological polar surface area (TPSA) is 63.6 Å². The maximum atomic E-state index is 12.4. The molecule has 1 heterocycles. The molecule has 1 N–H and O–H groups in total. The first-order valence-corrected chi connectivity index (χ1v) is 9.58. The van der Waals surface area contributed by atoms with E-state index in [1.54, 1.807) is 0 Å². The molecule has 2 bridgehead atoms. The van der Waals surface area contributed by atoms with Gasteiger partial charge in [0.05, 0.1) is 5.92 Å². The standard InChI is InChI=1S/C20H32O4/c1-19(2)8-7-16(14(12-22)15(19)5-4-10-21)20(3)9-6-13-11-17(20)18(23)24-13/h10,13-17,22H,4-9,11-12H2,1-3H3/t13-,14+,15+,16+,17-,20-/m1/s1. The van der Waals surface area contributed by atoms with Crippen molar-refractivity contribution < 1.29 is 19.4 Å². The van der Waals surface area contributed by atoms with E-state index in [2.05, 4.69) is 20.8 Å². The van der Waals surface area contributed by atoms with Gasteiger partial charge in [-0.2, -0.15) is 0 Å². The predicted molar refractivity (Wildman–Crippen MR) is 91.2 cm³/mol. The van der Waals surface area contributed by atoms with E-state index in [4.69, 9.17) is 4.74 Å². The Morgan fingerprint density at radius 1 is 1.25 bits per heavy atom. The van der Waals surface area contributed by atoms with Crippen molar-refractivity contribution in [2.45, 2.75) is 71.8 Å². The lowest BCUT2D eigenvalue weighted by Crippen LogP contribution is -2.51. The van der Waals surface area contributed by atoms with E-state index >= 15 is 0 Å². The van der Waals surface area contributed by atoms with Crippen LogP contribution in [-0.4, -0.2) is 30.1 Å². The zero-order valence-corrected chi connectivity index (χ0v) is 15.3. The summed E-state index contributed by atoms with van der Waals surface area (Å²) in [6, 6.07) is 0. The van der Waals surface area contributed by atoms with Crippen LogP contribution >= 0.6 is 0 Å². The van der Waals surface area contributed by atoms with Crippen LogP contribution in [0.1, 0.15) is 65.7 Å². The van der Waals surface area contributed by atoms with Crippen molar-refractivity contribution in [3.05, 3.63) is 0 Å². The van der Waals surface area contributed by atoms with Crippen LogP contribution < -0.4 is 0 Å². The Kier molecular flexibility index (Phi) is 4.80. The van der Waals surface area contributed by atoms with Crippen molar-refractivity contribution in [3.8, 4) is 0 Å². The van der Waals surface area contributed by atoms with Gasteiger partial charge in [0.25, 0.3) is 0 Å². The number of esters is 1. The molecule has 0 aromatic heterocycles. The summed E-state index contributed by atoms with van der Waals surface area (Å²) < 4.78 is 5.53. The second-order valence-corrected chi connectivity index (χ2v) is 9.22. The molecule has 3 rings (SSSR count). The van der Waals surface area contributed by atoms with Crippen LogP contribution in [0, 0.1) is 34.5 Å². The molecule has 0 aromatic carbocycles. The van der Waals surface area contributed by atoms with E-state index in [0.717, 1.165) is 44.8 Å². The first kappa shape index (κ1) is 17.9. The predicted octanol–water partition coefficient (Wildman–Crippen LogP) is 3.36. The highest BCUT2D eigenvalue weighted by molar-refractivity contribution is 5.76. The third kappa shape index (κ3) is 2.81. The van der Waals surface area contributed by atoms with Gasteiger partial charge in [-0.25, -0.2) is 0 Å². The summed E-state index contributed by atoms with van der Waals surface area (Å²) in [5.41, 5.74) is 0.0596. The summed E-state index contributed by atoms with van der Waals surface area (Å²) in [7, 11) is 0. The average Bonchev–Trinajstić information content (AvgIpc) is 2.87. The summed E-state index contributed by atoms with van der Waals surface area (Å²) in [5.74, 6) is 0.806. The van der Waals surface area contributed by atoms with E-state index in [1.165, 1.54) is 0 Å². The summed E-state index contributed by atoms with van der Waals surface area (Å²) in [6.45, 7) is 6.94. The third-order valence-electron chi connectivity index (χ3n) is 7.66. The molecule has 0 spiro atoms. The zero-order valence-electron chi connectivity index (χ0n) is 15.3. The summed E-state index contributed by atoms with van der Waals surface area (Å²) in [5, 5.41) is 10.2. The molecule has 3 aliphatic rings. The Labute approximate surface area is 145 Å². The molecule has 0 amide bonds. The first-order valence-electron chi connectivity index (χ1n) is 9.58. The van der Waals surface area contributed by atoms with Crippen LogP contribution in [0.4, 0.5) is 0 Å². The largest absolute Gasteiger partial charge is 0.462 e. The number of hydrogen-bond donors (Lipinski definition) is 1. The number of hydrogen-bond acceptors (Lipinski definition) is 4. The fourth-order valence-electron chi connectivity index (χ4n) is 6.17. The lowest BCUT2D eigenvalue weighted by atomic mass is 9.49. The van der Waals surface area contributed by atoms with Gasteiger partial charge in [0, 0.05) is 13.0 Å². The quantitative estimate of drug-likeness (QED) is 0.618. The molecule has 1 saturated heterocycles. The van der Waals surface area contributed by atoms with Crippen molar-refractivity contribution in [1.29, 1.82) is 0 Å². The second-order valence-electron chi connectivity index (χ2n) is 9.22. The van der Waals surface area contributed by atoms with Gasteiger partial charge in [-0.3, -0.25) is 4.79 Å². The van der Waals surface area contributed by atoms with Crippen molar-refractivity contribution in [2.75, 3.05) is 6.61 Å². The molecule has 1 aliphatic heterocycles. The van der Waals surface area contributed by atoms with E-state index in [1.807, 2.05) is 0 Å². The number of aliphatic hydroxyl groups excluding tert-OH is 1. The smallest absolute Gasteiger partial charge is 0.309 e. The molecule has 0 aromatic rings. The Balaban J connectivity index is 1.89. The molecule has 2 aliphatic carbocycles. The van der Waals surface area contributed by atoms with Crippen LogP contribution in [0.2, 0.25) is 0 Å². The zero-order chi connectivity index (χ0) is 17.5. The fraction of sp³-hybridized carbons (Fsp3) is 0.900. The van der Waals surface area contributed by atoms with Crippen molar-refractivity contribution in [1.82, 2.24) is 0 Å². The highest BCUT2D eigenvalue weighted by atomic mass is 16.6. The number of aliphatic hydroxyl groups is 1. The molecule has 136 valence electrons. The van der Waals surface area contributed by atoms with Crippen molar-refractivity contribution >= 4 is 12.3 Å². The van der Waals surface area contributed by atoms with Crippen molar-refractivity contribution in [3.63, 3.8) is 0 Å². The Bertz CT molecular complexity index is 500. The minimum atomic E-state index is -0.0760. The van der Waals surface area contributed by atoms with Gasteiger partial charge in [-0.15, -0.1) is 0 Å². The Morgan fingerprint density at radius 2 is 2.00 bits per heavy atom. The molecule has 4 nitrogen and oxygen atoms in total. The molecule has 4 heteroatoms. The maximum Gasteiger partial charge on any atom is 0.309 e. The van der Waals surface area contributed by atoms with Crippen LogP contribution in [0.15, 0.2) is 0 Å². The monoisotopic (exact) mass is 336 g/mol. The number of carbonyl (C=O) groups is 2. The number of carbonyl (C=O) groups excluding carboxylic acids is 2. The third-order valence-corrected chi connectivity index (χ3v) is 7.66.